The highest BCUT2D eigenvalue weighted by Crippen LogP contribution is 2.25. The smallest absolute Gasteiger partial charge is 0.446 e. The van der Waals surface area contributed by atoms with Crippen molar-refractivity contribution in [3.63, 3.8) is 0 Å². The van der Waals surface area contributed by atoms with E-state index in [1.165, 1.54) is 63.6 Å². The summed E-state index contributed by atoms with van der Waals surface area (Å²) >= 11 is 0. The van der Waals surface area contributed by atoms with E-state index in [0.29, 0.717) is 12.0 Å². The number of allylic oxidation sites excluding steroid dienone is 14. The molecule has 0 spiro atoms. The predicted molar refractivity (Wildman–Crippen MR) is 201 cm³/mol. The van der Waals surface area contributed by atoms with Crippen molar-refractivity contribution in [3.05, 3.63) is 105 Å². The van der Waals surface area contributed by atoms with Crippen molar-refractivity contribution in [2.24, 2.45) is 0 Å². The van der Waals surface area contributed by atoms with Gasteiger partial charge in [-0.05, 0) is 157 Å². The van der Waals surface area contributed by atoms with Crippen molar-refractivity contribution >= 4 is 10.4 Å². The number of aromatic hydroxyl groups is 1. The van der Waals surface area contributed by atoms with Crippen LogP contribution in [0.1, 0.15) is 138 Å². The minimum absolute atomic E-state index is 0.0366. The predicted octanol–water partition coefficient (Wildman–Crippen LogP) is 12.4. The summed E-state index contributed by atoms with van der Waals surface area (Å²) < 4.78 is 35.3. The van der Waals surface area contributed by atoms with E-state index in [2.05, 4.69) is 89.1 Å². The van der Waals surface area contributed by atoms with Crippen LogP contribution >= 0.6 is 0 Å². The average molecular weight is 667 g/mol. The van der Waals surface area contributed by atoms with Gasteiger partial charge in [-0.25, -0.2) is 0 Å². The van der Waals surface area contributed by atoms with E-state index in [1.807, 2.05) is 13.0 Å². The van der Waals surface area contributed by atoms with E-state index in [1.54, 1.807) is 0 Å². The van der Waals surface area contributed by atoms with Crippen LogP contribution in [-0.2, 0) is 16.8 Å². The fourth-order valence-electron chi connectivity index (χ4n) is 5.12. The van der Waals surface area contributed by atoms with Gasteiger partial charge in [-0.3, -0.25) is 4.55 Å². The summed E-state index contributed by atoms with van der Waals surface area (Å²) in [5, 5.41) is 10.1. The summed E-state index contributed by atoms with van der Waals surface area (Å²) in [6, 6.07) is 4.07. The highest BCUT2D eigenvalue weighted by atomic mass is 32.3. The lowest BCUT2D eigenvalue weighted by atomic mass is 10.0. The van der Waals surface area contributed by atoms with Crippen LogP contribution in [0, 0.1) is 0 Å². The molecule has 0 aliphatic heterocycles. The van der Waals surface area contributed by atoms with E-state index in [9.17, 15) is 13.5 Å². The van der Waals surface area contributed by atoms with Crippen molar-refractivity contribution in [1.29, 1.82) is 0 Å². The lowest BCUT2D eigenvalue weighted by molar-refractivity contribution is 0.386. The molecule has 0 aliphatic rings. The van der Waals surface area contributed by atoms with Gasteiger partial charge in [0.2, 0.25) is 0 Å². The normalized spacial score (nSPS) is 14.1. The molecular weight excluding hydrogens is 605 g/mol. The van der Waals surface area contributed by atoms with Crippen LogP contribution in [0.2, 0.25) is 0 Å². The van der Waals surface area contributed by atoms with E-state index >= 15 is 0 Å². The van der Waals surface area contributed by atoms with E-state index in [4.69, 9.17) is 4.55 Å². The van der Waals surface area contributed by atoms with E-state index in [0.717, 1.165) is 70.6 Å². The molecule has 0 aliphatic carbocycles. The van der Waals surface area contributed by atoms with Crippen LogP contribution in [0.15, 0.2) is 99.7 Å². The van der Waals surface area contributed by atoms with E-state index < -0.39 is 10.4 Å². The molecular formula is C41H62O5S. The molecule has 5 nitrogen and oxygen atoms in total. The second-order valence-corrected chi connectivity index (χ2v) is 14.3. The molecule has 1 aromatic carbocycles. The van der Waals surface area contributed by atoms with Crippen molar-refractivity contribution in [1.82, 2.24) is 0 Å². The van der Waals surface area contributed by atoms with E-state index in [-0.39, 0.29) is 11.5 Å². The zero-order chi connectivity index (χ0) is 35.2. The lowest BCUT2D eigenvalue weighted by Gasteiger charge is -2.07. The molecule has 0 atom stereocenters. The molecule has 2 N–H and O–H groups in total. The monoisotopic (exact) mass is 666 g/mol. The minimum Gasteiger partial charge on any atom is -0.508 e. The fourth-order valence-corrected chi connectivity index (χ4v) is 5.46. The number of benzene rings is 1. The average Bonchev–Trinajstić information content (AvgIpc) is 2.96. The molecule has 0 saturated heterocycles. The third-order valence-corrected chi connectivity index (χ3v) is 8.57. The molecule has 0 saturated carbocycles. The number of rotatable bonds is 22. The summed E-state index contributed by atoms with van der Waals surface area (Å²) in [4.78, 5) is 0. The molecule has 0 unspecified atom stereocenters. The Bertz CT molecular complexity index is 1430. The van der Waals surface area contributed by atoms with Crippen LogP contribution < -0.4 is 4.18 Å². The Labute approximate surface area is 287 Å². The van der Waals surface area contributed by atoms with Crippen LogP contribution in [0.4, 0.5) is 0 Å². The first-order valence-electron chi connectivity index (χ1n) is 17.2. The number of hydrogen-bond donors (Lipinski definition) is 2. The van der Waals surface area contributed by atoms with Crippen LogP contribution in [-0.4, -0.2) is 18.1 Å². The van der Waals surface area contributed by atoms with Gasteiger partial charge >= 0.3 is 10.4 Å². The standard InChI is InChI=1S/C41H62O5S/c1-32(2)15-9-16-33(3)17-10-18-34(4)19-11-20-35(5)21-12-22-36(6)23-13-24-37(7)25-14-26-38(8)27-28-39-31-40(29-30-41(39)42)46-47(43,44)45/h15,17,19,21,23,25,27,29-31,42H,9-14,16,18,20,22,24,26,28H2,1-8H3,(H,43,44,45)/b33-17+,34-19+,35-21+,36-23+,37-25+,38-27+. The first-order chi connectivity index (χ1) is 22.1. The summed E-state index contributed by atoms with van der Waals surface area (Å²) in [5.41, 5.74) is 10.4. The second kappa shape index (κ2) is 23.3. The molecule has 6 heteroatoms. The van der Waals surface area contributed by atoms with Gasteiger partial charge in [0, 0.05) is 5.56 Å². The zero-order valence-electron chi connectivity index (χ0n) is 30.5. The van der Waals surface area contributed by atoms with Gasteiger partial charge in [-0.1, -0.05) is 81.5 Å². The van der Waals surface area contributed by atoms with Gasteiger partial charge in [0.15, 0.2) is 0 Å². The molecule has 0 amide bonds. The maximum atomic E-state index is 10.9. The molecule has 0 bridgehead atoms. The zero-order valence-corrected chi connectivity index (χ0v) is 31.3. The summed E-state index contributed by atoms with van der Waals surface area (Å²) in [5.74, 6) is 0.0153. The van der Waals surface area contributed by atoms with Crippen molar-refractivity contribution in [2.45, 2.75) is 139 Å². The minimum atomic E-state index is -4.60. The van der Waals surface area contributed by atoms with Gasteiger partial charge in [0.05, 0.1) is 0 Å². The Kier molecular flexibility index (Phi) is 20.8. The topological polar surface area (TPSA) is 83.8 Å². The Balaban J connectivity index is 2.33. The fraction of sp³-hybridized carbons (Fsp3) is 0.512. The Hall–Kier alpha value is -3.09. The molecule has 1 aromatic rings. The van der Waals surface area contributed by atoms with Crippen molar-refractivity contribution in [3.8, 4) is 11.5 Å². The number of hydrogen-bond acceptors (Lipinski definition) is 4. The second-order valence-electron chi connectivity index (χ2n) is 13.3. The molecule has 47 heavy (non-hydrogen) atoms. The summed E-state index contributed by atoms with van der Waals surface area (Å²) in [7, 11) is -4.60. The van der Waals surface area contributed by atoms with Gasteiger partial charge < -0.3 is 9.29 Å². The quantitative estimate of drug-likeness (QED) is 0.0950. The highest BCUT2D eigenvalue weighted by molar-refractivity contribution is 7.81. The van der Waals surface area contributed by atoms with Gasteiger partial charge in [-0.2, -0.15) is 8.42 Å². The molecule has 1 rings (SSSR count). The third-order valence-electron chi connectivity index (χ3n) is 8.17. The number of phenolic OH excluding ortho intramolecular Hbond substituents is 1. The first kappa shape index (κ1) is 41.9. The molecule has 0 heterocycles. The van der Waals surface area contributed by atoms with Crippen molar-refractivity contribution in [2.75, 3.05) is 0 Å². The summed E-state index contributed by atoms with van der Waals surface area (Å²) in [6.07, 6.45) is 29.7. The first-order valence-corrected chi connectivity index (χ1v) is 18.6. The number of phenols is 1. The van der Waals surface area contributed by atoms with Crippen LogP contribution in [0.5, 0.6) is 11.5 Å². The van der Waals surface area contributed by atoms with Gasteiger partial charge in [0.25, 0.3) is 0 Å². The molecule has 0 fully saturated rings. The Morgan fingerprint density at radius 1 is 0.574 bits per heavy atom. The SMILES string of the molecule is CC(C)=CCC/C(C)=C/CC/C(C)=C/CC/C(C)=C/CC/C(C)=C/CC/C(C)=C/CC/C(C)=C/Cc1cc(OS(=O)(=O)O)ccc1O. The maximum Gasteiger partial charge on any atom is 0.446 e. The summed E-state index contributed by atoms with van der Waals surface area (Å²) in [6.45, 7) is 17.6. The van der Waals surface area contributed by atoms with Crippen LogP contribution in [0.3, 0.4) is 0 Å². The third kappa shape index (κ3) is 23.0. The lowest BCUT2D eigenvalue weighted by Crippen LogP contribution is -2.06. The largest absolute Gasteiger partial charge is 0.508 e. The Morgan fingerprint density at radius 2 is 0.915 bits per heavy atom. The van der Waals surface area contributed by atoms with Gasteiger partial charge in [0.1, 0.15) is 11.5 Å². The van der Waals surface area contributed by atoms with Crippen LogP contribution in [0.25, 0.3) is 0 Å². The Morgan fingerprint density at radius 3 is 1.26 bits per heavy atom. The maximum absolute atomic E-state index is 10.9. The van der Waals surface area contributed by atoms with Gasteiger partial charge in [-0.15, -0.1) is 0 Å². The molecule has 0 radical (unpaired) electrons. The molecule has 262 valence electrons. The highest BCUT2D eigenvalue weighted by Gasteiger charge is 2.09. The molecule has 0 aromatic heterocycles. The van der Waals surface area contributed by atoms with Crippen molar-refractivity contribution < 1.29 is 22.3 Å².